The Morgan fingerprint density at radius 1 is 1.61 bits per heavy atom. The highest BCUT2D eigenvalue weighted by Crippen LogP contribution is 2.19. The molecule has 102 valence electrons. The molecule has 1 unspecified atom stereocenters. The molecule has 1 rings (SSSR count). The fraction of sp³-hybridized carbons (Fsp3) is 0.556. The van der Waals surface area contributed by atoms with Crippen molar-refractivity contribution >= 4 is 27.3 Å². The van der Waals surface area contributed by atoms with Crippen LogP contribution in [0.25, 0.3) is 0 Å². The minimum absolute atomic E-state index is 0.000499. The number of carboxylic acid groups (broad SMARTS) is 1. The van der Waals surface area contributed by atoms with E-state index >= 15 is 0 Å². The molecular formula is C9H14N2O5S2. The van der Waals surface area contributed by atoms with E-state index in [2.05, 4.69) is 4.98 Å². The molecule has 7 nitrogen and oxygen atoms in total. The summed E-state index contributed by atoms with van der Waals surface area (Å²) in [5, 5.41) is 18.7. The average molecular weight is 294 g/mol. The monoisotopic (exact) mass is 294 g/mol. The molecular weight excluding hydrogens is 280 g/mol. The van der Waals surface area contributed by atoms with Crippen LogP contribution < -0.4 is 4.72 Å². The summed E-state index contributed by atoms with van der Waals surface area (Å²) < 4.78 is 25.6. The zero-order valence-corrected chi connectivity index (χ0v) is 11.5. The van der Waals surface area contributed by atoms with Crippen LogP contribution in [0.1, 0.15) is 18.9 Å². The number of carboxylic acids is 1. The Balaban J connectivity index is 2.80. The SMILES string of the molecule is CCc1ncc(S(=O)(=O)NCC(C)(O)C(=O)O)s1. The maximum atomic E-state index is 11.8. The summed E-state index contributed by atoms with van der Waals surface area (Å²) in [5.74, 6) is -1.50. The lowest BCUT2D eigenvalue weighted by molar-refractivity contribution is -0.155. The average Bonchev–Trinajstić information content (AvgIpc) is 2.75. The topological polar surface area (TPSA) is 117 Å². The molecule has 18 heavy (non-hydrogen) atoms. The summed E-state index contributed by atoms with van der Waals surface area (Å²) in [6, 6.07) is 0. The van der Waals surface area contributed by atoms with Gasteiger partial charge in [0.2, 0.25) is 0 Å². The highest BCUT2D eigenvalue weighted by atomic mass is 32.2. The van der Waals surface area contributed by atoms with E-state index in [0.717, 1.165) is 18.3 Å². The van der Waals surface area contributed by atoms with Crippen molar-refractivity contribution in [1.29, 1.82) is 0 Å². The molecule has 1 atom stereocenters. The maximum Gasteiger partial charge on any atom is 0.336 e. The van der Waals surface area contributed by atoms with Crippen LogP contribution >= 0.6 is 11.3 Å². The van der Waals surface area contributed by atoms with Crippen LogP contribution in [-0.2, 0) is 21.2 Å². The molecule has 1 aromatic rings. The van der Waals surface area contributed by atoms with Crippen LogP contribution in [0.5, 0.6) is 0 Å². The third-order valence-electron chi connectivity index (χ3n) is 2.17. The molecule has 0 aliphatic rings. The normalized spacial score (nSPS) is 15.3. The highest BCUT2D eigenvalue weighted by molar-refractivity contribution is 7.91. The Labute approximate surface area is 109 Å². The number of hydrogen-bond acceptors (Lipinski definition) is 6. The number of rotatable bonds is 6. The Hall–Kier alpha value is -1.03. The predicted molar refractivity (Wildman–Crippen MR) is 64.9 cm³/mol. The van der Waals surface area contributed by atoms with Gasteiger partial charge in [-0.15, -0.1) is 11.3 Å². The third kappa shape index (κ3) is 3.48. The smallest absolute Gasteiger partial charge is 0.336 e. The van der Waals surface area contributed by atoms with Crippen molar-refractivity contribution in [1.82, 2.24) is 9.71 Å². The molecule has 0 radical (unpaired) electrons. The van der Waals surface area contributed by atoms with Gasteiger partial charge in [-0.1, -0.05) is 6.92 Å². The predicted octanol–water partition coefficient (Wildman–Crippen LogP) is -0.181. The quantitative estimate of drug-likeness (QED) is 0.670. The molecule has 0 bridgehead atoms. The fourth-order valence-electron chi connectivity index (χ4n) is 0.963. The van der Waals surface area contributed by atoms with Crippen molar-refractivity contribution in [2.45, 2.75) is 30.1 Å². The number of nitrogens with zero attached hydrogens (tertiary/aromatic N) is 1. The van der Waals surface area contributed by atoms with Crippen molar-refractivity contribution in [3.63, 3.8) is 0 Å². The molecule has 0 aliphatic carbocycles. The zero-order valence-electron chi connectivity index (χ0n) is 9.87. The first-order valence-electron chi connectivity index (χ1n) is 5.09. The van der Waals surface area contributed by atoms with Gasteiger partial charge in [-0.3, -0.25) is 0 Å². The first-order valence-corrected chi connectivity index (χ1v) is 7.39. The molecule has 0 amide bonds. The van der Waals surface area contributed by atoms with E-state index in [1.807, 2.05) is 11.6 Å². The summed E-state index contributed by atoms with van der Waals surface area (Å²) in [6.07, 6.45) is 1.83. The molecule has 9 heteroatoms. The highest BCUT2D eigenvalue weighted by Gasteiger charge is 2.32. The number of aromatic nitrogens is 1. The minimum atomic E-state index is -3.83. The number of carbonyl (C=O) groups is 1. The maximum absolute atomic E-state index is 11.8. The van der Waals surface area contributed by atoms with E-state index in [9.17, 15) is 18.3 Å². The lowest BCUT2D eigenvalue weighted by atomic mass is 10.1. The van der Waals surface area contributed by atoms with E-state index in [-0.39, 0.29) is 4.21 Å². The number of aliphatic carboxylic acids is 1. The molecule has 1 heterocycles. The van der Waals surface area contributed by atoms with Gasteiger partial charge in [-0.25, -0.2) is 22.9 Å². The second kappa shape index (κ2) is 5.31. The molecule has 3 N–H and O–H groups in total. The van der Waals surface area contributed by atoms with Gasteiger partial charge in [-0.05, 0) is 13.3 Å². The summed E-state index contributed by atoms with van der Waals surface area (Å²) in [6.45, 7) is 2.25. The number of sulfonamides is 1. The lowest BCUT2D eigenvalue weighted by Crippen LogP contribution is -2.46. The van der Waals surface area contributed by atoms with Gasteiger partial charge < -0.3 is 10.2 Å². The fourth-order valence-corrected chi connectivity index (χ4v) is 3.26. The molecule has 0 saturated carbocycles. The summed E-state index contributed by atoms with van der Waals surface area (Å²) in [5.41, 5.74) is -2.15. The summed E-state index contributed by atoms with van der Waals surface area (Å²) in [4.78, 5) is 14.5. The zero-order chi connectivity index (χ0) is 14.0. The Bertz CT molecular complexity index is 535. The van der Waals surface area contributed by atoms with Crippen molar-refractivity contribution in [3.8, 4) is 0 Å². The molecule has 0 fully saturated rings. The second-order valence-electron chi connectivity index (χ2n) is 3.83. The van der Waals surface area contributed by atoms with Crippen molar-refractivity contribution in [2.24, 2.45) is 0 Å². The molecule has 0 saturated heterocycles. The number of nitrogens with one attached hydrogen (secondary N) is 1. The second-order valence-corrected chi connectivity index (χ2v) is 6.94. The number of thiazole rings is 1. The Kier molecular flexibility index (Phi) is 4.43. The minimum Gasteiger partial charge on any atom is -0.479 e. The van der Waals surface area contributed by atoms with Gasteiger partial charge in [0.05, 0.1) is 17.7 Å². The number of aryl methyl sites for hydroxylation is 1. The van der Waals surface area contributed by atoms with Gasteiger partial charge >= 0.3 is 5.97 Å². The molecule has 0 aliphatic heterocycles. The first kappa shape index (κ1) is 15.0. The van der Waals surface area contributed by atoms with Gasteiger partial charge in [0, 0.05) is 0 Å². The van der Waals surface area contributed by atoms with E-state index in [4.69, 9.17) is 5.11 Å². The van der Waals surface area contributed by atoms with Gasteiger partial charge in [0.15, 0.2) is 9.81 Å². The van der Waals surface area contributed by atoms with E-state index < -0.39 is 28.1 Å². The molecule has 1 aromatic heterocycles. The number of hydrogen-bond donors (Lipinski definition) is 3. The van der Waals surface area contributed by atoms with Crippen LogP contribution in [0, 0.1) is 0 Å². The van der Waals surface area contributed by atoms with Crippen LogP contribution in [0.2, 0.25) is 0 Å². The van der Waals surface area contributed by atoms with Crippen LogP contribution in [-0.4, -0.2) is 41.7 Å². The van der Waals surface area contributed by atoms with Crippen LogP contribution in [0.3, 0.4) is 0 Å². The molecule has 0 aromatic carbocycles. The van der Waals surface area contributed by atoms with Crippen molar-refractivity contribution < 1.29 is 23.4 Å². The Morgan fingerprint density at radius 3 is 2.67 bits per heavy atom. The van der Waals surface area contributed by atoms with E-state index in [0.29, 0.717) is 11.4 Å². The lowest BCUT2D eigenvalue weighted by Gasteiger charge is -2.17. The van der Waals surface area contributed by atoms with E-state index in [1.165, 1.54) is 6.20 Å². The van der Waals surface area contributed by atoms with Crippen LogP contribution in [0.15, 0.2) is 10.4 Å². The molecule has 0 spiro atoms. The third-order valence-corrected chi connectivity index (χ3v) is 5.17. The van der Waals surface area contributed by atoms with Crippen LogP contribution in [0.4, 0.5) is 0 Å². The van der Waals surface area contributed by atoms with Gasteiger partial charge in [0.25, 0.3) is 10.0 Å². The standard InChI is InChI=1S/C9H14N2O5S2/c1-3-6-10-4-7(17-6)18(15,16)11-5-9(2,14)8(12)13/h4,11,14H,3,5H2,1-2H3,(H,12,13). The number of aliphatic hydroxyl groups is 1. The van der Waals surface area contributed by atoms with Crippen molar-refractivity contribution in [3.05, 3.63) is 11.2 Å². The Morgan fingerprint density at radius 2 is 2.22 bits per heavy atom. The first-order chi connectivity index (χ1) is 8.19. The van der Waals surface area contributed by atoms with Gasteiger partial charge in [-0.2, -0.15) is 0 Å². The van der Waals surface area contributed by atoms with E-state index in [1.54, 1.807) is 0 Å². The summed E-state index contributed by atoms with van der Waals surface area (Å²) in [7, 11) is -3.83. The largest absolute Gasteiger partial charge is 0.479 e. The van der Waals surface area contributed by atoms with Crippen molar-refractivity contribution in [2.75, 3.05) is 6.54 Å². The van der Waals surface area contributed by atoms with Gasteiger partial charge in [0.1, 0.15) is 0 Å². The summed E-state index contributed by atoms with van der Waals surface area (Å²) >= 11 is 1.01.